The Labute approximate surface area is 131 Å². The molecule has 0 atom stereocenters. The van der Waals surface area contributed by atoms with E-state index in [4.69, 9.17) is 29.6 Å². The van der Waals surface area contributed by atoms with Gasteiger partial charge in [0.15, 0.2) is 0 Å². The Balaban J connectivity index is 2.32. The molecule has 19 heavy (non-hydrogen) atoms. The van der Waals surface area contributed by atoms with Gasteiger partial charge in [0.2, 0.25) is 0 Å². The number of halogens is 2. The molecular formula is C14H12BrClN2S. The average molecular weight is 356 g/mol. The van der Waals surface area contributed by atoms with Crippen molar-refractivity contribution in [2.45, 2.75) is 6.92 Å². The number of anilines is 2. The molecule has 2 aromatic rings. The first-order chi connectivity index (χ1) is 8.99. The normalized spacial score (nSPS) is 10.3. The summed E-state index contributed by atoms with van der Waals surface area (Å²) in [6, 6.07) is 11.5. The van der Waals surface area contributed by atoms with Gasteiger partial charge >= 0.3 is 0 Å². The monoisotopic (exact) mass is 354 g/mol. The van der Waals surface area contributed by atoms with Crippen LogP contribution in [0.1, 0.15) is 11.1 Å². The van der Waals surface area contributed by atoms with Gasteiger partial charge in [0.05, 0.1) is 5.02 Å². The summed E-state index contributed by atoms with van der Waals surface area (Å²) < 4.78 is 1.06. The fraction of sp³-hybridized carbons (Fsp3) is 0.0714. The molecular weight excluding hydrogens is 344 g/mol. The zero-order valence-electron chi connectivity index (χ0n) is 10.2. The first-order valence-electron chi connectivity index (χ1n) is 5.60. The van der Waals surface area contributed by atoms with Crippen molar-refractivity contribution in [3.8, 4) is 0 Å². The van der Waals surface area contributed by atoms with Gasteiger partial charge in [0.1, 0.15) is 4.99 Å². The zero-order chi connectivity index (χ0) is 14.0. The second-order valence-corrected chi connectivity index (χ2v) is 5.80. The SMILES string of the molecule is Cc1c(Br)cccc1Nc1ccc(C(N)=S)c(Cl)c1. The number of rotatable bonds is 3. The van der Waals surface area contributed by atoms with Crippen molar-refractivity contribution >= 4 is 56.1 Å². The zero-order valence-corrected chi connectivity index (χ0v) is 13.4. The molecule has 0 aliphatic carbocycles. The van der Waals surface area contributed by atoms with E-state index in [1.165, 1.54) is 0 Å². The first kappa shape index (κ1) is 14.3. The second kappa shape index (κ2) is 5.90. The summed E-state index contributed by atoms with van der Waals surface area (Å²) in [6.07, 6.45) is 0. The summed E-state index contributed by atoms with van der Waals surface area (Å²) in [7, 11) is 0. The molecule has 0 radical (unpaired) electrons. The Hall–Kier alpha value is -1.10. The van der Waals surface area contributed by atoms with Gasteiger partial charge in [-0.25, -0.2) is 0 Å². The lowest BCUT2D eigenvalue weighted by Crippen LogP contribution is -2.10. The lowest BCUT2D eigenvalue weighted by Gasteiger charge is -2.12. The van der Waals surface area contributed by atoms with E-state index in [1.54, 1.807) is 0 Å². The van der Waals surface area contributed by atoms with Crippen LogP contribution in [-0.4, -0.2) is 4.99 Å². The van der Waals surface area contributed by atoms with E-state index in [1.807, 2.05) is 43.3 Å². The maximum atomic E-state index is 6.14. The fourth-order valence-electron chi connectivity index (χ4n) is 1.69. The van der Waals surface area contributed by atoms with E-state index in [2.05, 4.69) is 21.2 Å². The summed E-state index contributed by atoms with van der Waals surface area (Å²) in [5, 5.41) is 3.87. The number of thiocarbonyl (C=S) groups is 1. The molecule has 0 bridgehead atoms. The van der Waals surface area contributed by atoms with E-state index in [0.29, 0.717) is 15.6 Å². The van der Waals surface area contributed by atoms with E-state index in [9.17, 15) is 0 Å². The Morgan fingerprint density at radius 2 is 2.05 bits per heavy atom. The Morgan fingerprint density at radius 3 is 2.68 bits per heavy atom. The van der Waals surface area contributed by atoms with E-state index >= 15 is 0 Å². The van der Waals surface area contributed by atoms with Crippen molar-refractivity contribution in [2.24, 2.45) is 5.73 Å². The van der Waals surface area contributed by atoms with Crippen molar-refractivity contribution in [3.05, 3.63) is 57.0 Å². The van der Waals surface area contributed by atoms with Crippen LogP contribution < -0.4 is 11.1 Å². The van der Waals surface area contributed by atoms with Crippen LogP contribution in [0.25, 0.3) is 0 Å². The molecule has 0 fully saturated rings. The maximum absolute atomic E-state index is 6.14. The molecule has 0 aromatic heterocycles. The largest absolute Gasteiger partial charge is 0.389 e. The molecule has 0 aliphatic heterocycles. The Kier molecular flexibility index (Phi) is 4.45. The number of hydrogen-bond donors (Lipinski definition) is 2. The van der Waals surface area contributed by atoms with Gasteiger partial charge in [0, 0.05) is 21.4 Å². The molecule has 0 unspecified atom stereocenters. The molecule has 0 spiro atoms. The minimum absolute atomic E-state index is 0.301. The second-order valence-electron chi connectivity index (χ2n) is 4.10. The van der Waals surface area contributed by atoms with Gasteiger partial charge in [-0.15, -0.1) is 0 Å². The number of benzene rings is 2. The van der Waals surface area contributed by atoms with Crippen molar-refractivity contribution in [1.82, 2.24) is 0 Å². The van der Waals surface area contributed by atoms with Crippen LogP contribution in [0.15, 0.2) is 40.9 Å². The third-order valence-electron chi connectivity index (χ3n) is 2.78. The number of hydrogen-bond acceptors (Lipinski definition) is 2. The minimum atomic E-state index is 0.301. The van der Waals surface area contributed by atoms with Gasteiger partial charge in [-0.3, -0.25) is 0 Å². The third-order valence-corrected chi connectivity index (χ3v) is 4.17. The fourth-order valence-corrected chi connectivity index (χ4v) is 2.57. The predicted molar refractivity (Wildman–Crippen MR) is 89.5 cm³/mol. The van der Waals surface area contributed by atoms with Gasteiger partial charge in [0.25, 0.3) is 0 Å². The van der Waals surface area contributed by atoms with Crippen LogP contribution in [0.5, 0.6) is 0 Å². The van der Waals surface area contributed by atoms with E-state index in [0.717, 1.165) is 21.4 Å². The standard InChI is InChI=1S/C14H12BrClN2S/c1-8-11(15)3-2-4-13(8)18-9-5-6-10(14(17)19)12(16)7-9/h2-7,18H,1H3,(H2,17,19). The quantitative estimate of drug-likeness (QED) is 0.778. The molecule has 0 saturated heterocycles. The molecule has 0 saturated carbocycles. The van der Waals surface area contributed by atoms with Gasteiger partial charge in [-0.1, -0.05) is 45.8 Å². The first-order valence-corrected chi connectivity index (χ1v) is 7.18. The summed E-state index contributed by atoms with van der Waals surface area (Å²) in [4.78, 5) is 0.301. The molecule has 2 rings (SSSR count). The summed E-state index contributed by atoms with van der Waals surface area (Å²) >= 11 is 14.6. The van der Waals surface area contributed by atoms with Crippen molar-refractivity contribution in [3.63, 3.8) is 0 Å². The number of nitrogens with one attached hydrogen (secondary N) is 1. The highest BCUT2D eigenvalue weighted by Gasteiger charge is 2.06. The van der Waals surface area contributed by atoms with Gasteiger partial charge < -0.3 is 11.1 Å². The lowest BCUT2D eigenvalue weighted by molar-refractivity contribution is 1.40. The molecule has 0 heterocycles. The molecule has 5 heteroatoms. The summed E-state index contributed by atoms with van der Waals surface area (Å²) in [5.74, 6) is 0. The van der Waals surface area contributed by atoms with Crippen molar-refractivity contribution in [2.75, 3.05) is 5.32 Å². The predicted octanol–water partition coefficient (Wildman–Crippen LogP) is 4.79. The van der Waals surface area contributed by atoms with E-state index in [-0.39, 0.29) is 0 Å². The number of nitrogens with two attached hydrogens (primary N) is 1. The minimum Gasteiger partial charge on any atom is -0.389 e. The highest BCUT2D eigenvalue weighted by molar-refractivity contribution is 9.10. The third kappa shape index (κ3) is 3.26. The van der Waals surface area contributed by atoms with Crippen LogP contribution in [0.4, 0.5) is 11.4 Å². The molecule has 2 nitrogen and oxygen atoms in total. The van der Waals surface area contributed by atoms with Crippen LogP contribution >= 0.6 is 39.7 Å². The van der Waals surface area contributed by atoms with Crippen LogP contribution in [-0.2, 0) is 0 Å². The molecule has 0 aliphatic rings. The smallest absolute Gasteiger partial charge is 0.105 e. The van der Waals surface area contributed by atoms with Crippen LogP contribution in [0, 0.1) is 6.92 Å². The van der Waals surface area contributed by atoms with Gasteiger partial charge in [-0.2, -0.15) is 0 Å². The molecule has 3 N–H and O–H groups in total. The topological polar surface area (TPSA) is 38.0 Å². The van der Waals surface area contributed by atoms with Crippen molar-refractivity contribution < 1.29 is 0 Å². The average Bonchev–Trinajstić information content (AvgIpc) is 2.34. The Morgan fingerprint density at radius 1 is 1.32 bits per heavy atom. The Bertz CT molecular complexity index is 643. The molecule has 0 amide bonds. The summed E-state index contributed by atoms with van der Waals surface area (Å²) in [6.45, 7) is 2.04. The van der Waals surface area contributed by atoms with Crippen molar-refractivity contribution in [1.29, 1.82) is 0 Å². The lowest BCUT2D eigenvalue weighted by atomic mass is 10.1. The maximum Gasteiger partial charge on any atom is 0.105 e. The highest BCUT2D eigenvalue weighted by Crippen LogP contribution is 2.28. The van der Waals surface area contributed by atoms with Crippen LogP contribution in [0.3, 0.4) is 0 Å². The highest BCUT2D eigenvalue weighted by atomic mass is 79.9. The molecule has 2 aromatic carbocycles. The van der Waals surface area contributed by atoms with E-state index < -0.39 is 0 Å². The summed E-state index contributed by atoms with van der Waals surface area (Å²) in [5.41, 5.74) is 9.32. The van der Waals surface area contributed by atoms with Crippen LogP contribution in [0.2, 0.25) is 5.02 Å². The van der Waals surface area contributed by atoms with Gasteiger partial charge in [-0.05, 0) is 42.8 Å². The molecule has 98 valence electrons.